The number of rotatable bonds is 6. The average molecular weight is 216 g/mol. The van der Waals surface area contributed by atoms with Crippen LogP contribution in [0.4, 0.5) is 0 Å². The van der Waals surface area contributed by atoms with Crippen LogP contribution in [0.1, 0.15) is 27.2 Å². The van der Waals surface area contributed by atoms with Gasteiger partial charge in [0.25, 0.3) is 0 Å². The molecule has 2 unspecified atom stereocenters. The fourth-order valence-electron chi connectivity index (χ4n) is 1.17. The normalized spacial score (nSPS) is 16.9. The lowest BCUT2D eigenvalue weighted by atomic mass is 9.88. The maximum atomic E-state index is 11.5. The van der Waals surface area contributed by atoms with Crippen LogP contribution in [0.25, 0.3) is 0 Å². The zero-order valence-electron chi connectivity index (χ0n) is 10.5. The van der Waals surface area contributed by atoms with Gasteiger partial charge in [0.2, 0.25) is 5.91 Å². The lowest BCUT2D eigenvalue weighted by molar-refractivity contribution is -0.130. The molecule has 0 aromatic rings. The highest BCUT2D eigenvalue weighted by atomic mass is 16.3. The molecule has 0 saturated heterocycles. The van der Waals surface area contributed by atoms with Gasteiger partial charge < -0.3 is 15.3 Å². The second kappa shape index (κ2) is 6.08. The van der Waals surface area contributed by atoms with Crippen molar-refractivity contribution in [1.29, 1.82) is 0 Å². The van der Waals surface area contributed by atoms with Gasteiger partial charge in [-0.25, -0.2) is 0 Å². The summed E-state index contributed by atoms with van der Waals surface area (Å²) >= 11 is 0. The zero-order chi connectivity index (χ0) is 12.1. The highest BCUT2D eigenvalue weighted by molar-refractivity contribution is 5.80. The van der Waals surface area contributed by atoms with Crippen molar-refractivity contribution in [2.75, 3.05) is 27.2 Å². The lowest BCUT2D eigenvalue weighted by Crippen LogP contribution is -2.46. The highest BCUT2D eigenvalue weighted by Gasteiger charge is 2.23. The predicted molar refractivity (Wildman–Crippen MR) is 61.6 cm³/mol. The van der Waals surface area contributed by atoms with E-state index in [2.05, 4.69) is 5.32 Å². The van der Waals surface area contributed by atoms with Gasteiger partial charge in [-0.05, 0) is 13.3 Å². The molecule has 2 N–H and O–H groups in total. The zero-order valence-corrected chi connectivity index (χ0v) is 10.5. The molecule has 0 heterocycles. The molecular weight excluding hydrogens is 192 g/mol. The number of aliphatic hydroxyl groups is 1. The van der Waals surface area contributed by atoms with Crippen LogP contribution in [-0.4, -0.2) is 49.2 Å². The molecule has 0 aromatic carbocycles. The minimum absolute atomic E-state index is 0.0615. The standard InChI is InChI=1S/C11H24N2O2/c1-6-11(3,8-14)7-12-9(2)10(15)13(4)5/h9,12,14H,6-8H2,1-5H3. The highest BCUT2D eigenvalue weighted by Crippen LogP contribution is 2.18. The Morgan fingerprint density at radius 3 is 2.40 bits per heavy atom. The van der Waals surface area contributed by atoms with Crippen LogP contribution in [0.15, 0.2) is 0 Å². The maximum absolute atomic E-state index is 11.5. The minimum Gasteiger partial charge on any atom is -0.396 e. The number of nitrogens with one attached hydrogen (secondary N) is 1. The maximum Gasteiger partial charge on any atom is 0.238 e. The molecule has 0 bridgehead atoms. The van der Waals surface area contributed by atoms with Gasteiger partial charge in [0.05, 0.1) is 6.04 Å². The molecule has 0 radical (unpaired) electrons. The Bertz CT molecular complexity index is 201. The smallest absolute Gasteiger partial charge is 0.238 e. The molecule has 0 saturated carbocycles. The Morgan fingerprint density at radius 2 is 2.07 bits per heavy atom. The first kappa shape index (κ1) is 14.4. The first-order chi connectivity index (χ1) is 6.86. The summed E-state index contributed by atoms with van der Waals surface area (Å²) < 4.78 is 0. The third kappa shape index (κ3) is 4.62. The van der Waals surface area contributed by atoms with Gasteiger partial charge in [-0.15, -0.1) is 0 Å². The molecular formula is C11H24N2O2. The summed E-state index contributed by atoms with van der Waals surface area (Å²) in [5.41, 5.74) is -0.138. The average Bonchev–Trinajstić information content (AvgIpc) is 2.24. The Labute approximate surface area is 92.7 Å². The molecule has 0 aliphatic heterocycles. The van der Waals surface area contributed by atoms with Gasteiger partial charge in [-0.2, -0.15) is 0 Å². The van der Waals surface area contributed by atoms with Crippen molar-refractivity contribution in [3.63, 3.8) is 0 Å². The molecule has 0 aromatic heterocycles. The van der Waals surface area contributed by atoms with Crippen LogP contribution in [0.3, 0.4) is 0 Å². The number of carbonyl (C=O) groups is 1. The monoisotopic (exact) mass is 216 g/mol. The van der Waals surface area contributed by atoms with E-state index in [0.29, 0.717) is 6.54 Å². The first-order valence-corrected chi connectivity index (χ1v) is 5.41. The van der Waals surface area contributed by atoms with E-state index in [1.54, 1.807) is 19.0 Å². The van der Waals surface area contributed by atoms with Crippen LogP contribution in [0.2, 0.25) is 0 Å². The minimum atomic E-state index is -0.197. The van der Waals surface area contributed by atoms with Crippen molar-refractivity contribution in [1.82, 2.24) is 10.2 Å². The Hall–Kier alpha value is -0.610. The van der Waals surface area contributed by atoms with Gasteiger partial charge in [-0.3, -0.25) is 4.79 Å². The van der Waals surface area contributed by atoms with E-state index >= 15 is 0 Å². The molecule has 0 fully saturated rings. The number of nitrogens with zero attached hydrogens (tertiary/aromatic N) is 1. The topological polar surface area (TPSA) is 52.6 Å². The van der Waals surface area contributed by atoms with Gasteiger partial charge in [0.15, 0.2) is 0 Å². The summed E-state index contributed by atoms with van der Waals surface area (Å²) in [5, 5.41) is 12.4. The molecule has 90 valence electrons. The van der Waals surface area contributed by atoms with Gasteiger partial charge >= 0.3 is 0 Å². The fourth-order valence-corrected chi connectivity index (χ4v) is 1.17. The summed E-state index contributed by atoms with van der Waals surface area (Å²) in [5.74, 6) is 0.0615. The van der Waals surface area contributed by atoms with Crippen LogP contribution in [0, 0.1) is 5.41 Å². The van der Waals surface area contributed by atoms with Crippen molar-refractivity contribution in [2.45, 2.75) is 33.2 Å². The van der Waals surface area contributed by atoms with Gasteiger partial charge in [0.1, 0.15) is 0 Å². The molecule has 0 aliphatic carbocycles. The molecule has 4 heteroatoms. The number of hydrogen-bond donors (Lipinski definition) is 2. The quantitative estimate of drug-likeness (QED) is 0.678. The summed E-state index contributed by atoms with van der Waals surface area (Å²) in [6.07, 6.45) is 0.888. The Kier molecular flexibility index (Phi) is 5.83. The van der Waals surface area contributed by atoms with Crippen LogP contribution >= 0.6 is 0 Å². The number of hydrogen-bond acceptors (Lipinski definition) is 3. The fraction of sp³-hybridized carbons (Fsp3) is 0.909. The lowest BCUT2D eigenvalue weighted by Gasteiger charge is -2.28. The molecule has 4 nitrogen and oxygen atoms in total. The number of carbonyl (C=O) groups excluding carboxylic acids is 1. The SMILES string of the molecule is CCC(C)(CO)CNC(C)C(=O)N(C)C. The van der Waals surface area contributed by atoms with Crippen molar-refractivity contribution in [3.05, 3.63) is 0 Å². The Morgan fingerprint density at radius 1 is 1.53 bits per heavy atom. The van der Waals surface area contributed by atoms with Crippen molar-refractivity contribution in [3.8, 4) is 0 Å². The van der Waals surface area contributed by atoms with Crippen molar-refractivity contribution in [2.24, 2.45) is 5.41 Å². The van der Waals surface area contributed by atoms with E-state index in [4.69, 9.17) is 0 Å². The van der Waals surface area contributed by atoms with Gasteiger partial charge in [0, 0.05) is 32.7 Å². The third-order valence-corrected chi connectivity index (χ3v) is 2.88. The van der Waals surface area contributed by atoms with Crippen LogP contribution in [-0.2, 0) is 4.79 Å². The summed E-state index contributed by atoms with van der Waals surface area (Å²) in [6, 6.07) is -0.197. The van der Waals surface area contributed by atoms with Gasteiger partial charge in [-0.1, -0.05) is 13.8 Å². The second-order valence-electron chi connectivity index (χ2n) is 4.66. The summed E-state index contributed by atoms with van der Waals surface area (Å²) in [4.78, 5) is 13.1. The van der Waals surface area contributed by atoms with Crippen molar-refractivity contribution >= 4 is 5.91 Å². The molecule has 0 aliphatic rings. The predicted octanol–water partition coefficient (Wildman–Crippen LogP) is 0.461. The molecule has 15 heavy (non-hydrogen) atoms. The number of likely N-dealkylation sites (N-methyl/N-ethyl adjacent to an activating group) is 1. The first-order valence-electron chi connectivity index (χ1n) is 5.41. The molecule has 0 rings (SSSR count). The molecule has 1 amide bonds. The number of amides is 1. The molecule has 0 spiro atoms. The van der Waals surface area contributed by atoms with E-state index in [1.807, 2.05) is 20.8 Å². The number of aliphatic hydroxyl groups excluding tert-OH is 1. The third-order valence-electron chi connectivity index (χ3n) is 2.88. The Balaban J connectivity index is 4.10. The van der Waals surface area contributed by atoms with E-state index in [0.717, 1.165) is 6.42 Å². The largest absolute Gasteiger partial charge is 0.396 e. The molecule has 2 atom stereocenters. The van der Waals surface area contributed by atoms with E-state index in [-0.39, 0.29) is 24.0 Å². The second-order valence-corrected chi connectivity index (χ2v) is 4.66. The van der Waals surface area contributed by atoms with Crippen LogP contribution in [0.5, 0.6) is 0 Å². The van der Waals surface area contributed by atoms with E-state index < -0.39 is 0 Å². The summed E-state index contributed by atoms with van der Waals surface area (Å²) in [6.45, 7) is 6.68. The van der Waals surface area contributed by atoms with Crippen LogP contribution < -0.4 is 5.32 Å². The van der Waals surface area contributed by atoms with E-state index in [1.165, 1.54) is 0 Å². The van der Waals surface area contributed by atoms with E-state index in [9.17, 15) is 9.90 Å². The van der Waals surface area contributed by atoms with Crippen molar-refractivity contribution < 1.29 is 9.90 Å². The summed E-state index contributed by atoms with van der Waals surface area (Å²) in [7, 11) is 3.48.